The minimum atomic E-state index is -3.71. The maximum atomic E-state index is 12.2. The molecule has 0 spiro atoms. The molecule has 0 saturated carbocycles. The van der Waals surface area contributed by atoms with Crippen molar-refractivity contribution in [2.75, 3.05) is 4.72 Å². The van der Waals surface area contributed by atoms with Crippen molar-refractivity contribution in [2.45, 2.75) is 11.5 Å². The summed E-state index contributed by atoms with van der Waals surface area (Å²) in [6, 6.07) is 6.19. The van der Waals surface area contributed by atoms with Crippen LogP contribution in [0.3, 0.4) is 0 Å². The SMILES string of the molecule is Cn1cc(S(=O)(=O)Nc2ccc(Br)c(Cl)c2)cc1CO. The highest BCUT2D eigenvalue weighted by Gasteiger charge is 2.17. The molecule has 5 nitrogen and oxygen atoms in total. The standard InChI is InChI=1S/C12H12BrClN2O3S/c1-16-6-10(5-9(16)7-17)20(18,19)15-8-2-3-11(13)12(14)4-8/h2-6,15,17H,7H2,1H3. The Labute approximate surface area is 130 Å². The normalized spacial score (nSPS) is 11.6. The predicted molar refractivity (Wildman–Crippen MR) is 81.3 cm³/mol. The molecule has 0 saturated heterocycles. The van der Waals surface area contributed by atoms with Crippen LogP contribution < -0.4 is 4.72 Å². The summed E-state index contributed by atoms with van der Waals surface area (Å²) in [5.41, 5.74) is 0.881. The first-order valence-electron chi connectivity index (χ1n) is 5.57. The molecule has 20 heavy (non-hydrogen) atoms. The maximum absolute atomic E-state index is 12.2. The number of rotatable bonds is 4. The second-order valence-electron chi connectivity index (χ2n) is 4.17. The Morgan fingerprint density at radius 1 is 1.40 bits per heavy atom. The van der Waals surface area contributed by atoms with Gasteiger partial charge in [0.05, 0.1) is 17.3 Å². The first-order valence-corrected chi connectivity index (χ1v) is 8.23. The van der Waals surface area contributed by atoms with Crippen LogP contribution in [0.4, 0.5) is 5.69 Å². The van der Waals surface area contributed by atoms with Gasteiger partial charge in [0, 0.05) is 23.4 Å². The molecule has 2 N–H and O–H groups in total. The maximum Gasteiger partial charge on any atom is 0.263 e. The molecule has 0 atom stereocenters. The minimum Gasteiger partial charge on any atom is -0.390 e. The van der Waals surface area contributed by atoms with Gasteiger partial charge >= 0.3 is 0 Å². The highest BCUT2D eigenvalue weighted by Crippen LogP contribution is 2.27. The minimum absolute atomic E-state index is 0.0862. The van der Waals surface area contributed by atoms with E-state index in [-0.39, 0.29) is 11.5 Å². The van der Waals surface area contributed by atoms with Gasteiger partial charge in [-0.05, 0) is 40.2 Å². The number of benzene rings is 1. The van der Waals surface area contributed by atoms with Crippen molar-refractivity contribution in [1.82, 2.24) is 4.57 Å². The number of halogens is 2. The van der Waals surface area contributed by atoms with E-state index in [9.17, 15) is 8.42 Å². The largest absolute Gasteiger partial charge is 0.390 e. The second-order valence-corrected chi connectivity index (χ2v) is 7.11. The summed E-state index contributed by atoms with van der Waals surface area (Å²) >= 11 is 9.16. The molecule has 1 heterocycles. The van der Waals surface area contributed by atoms with Crippen LogP contribution in [0.25, 0.3) is 0 Å². The molecule has 8 heteroatoms. The lowest BCUT2D eigenvalue weighted by Crippen LogP contribution is -2.12. The van der Waals surface area contributed by atoms with Crippen molar-refractivity contribution in [1.29, 1.82) is 0 Å². The molecule has 0 radical (unpaired) electrons. The van der Waals surface area contributed by atoms with Crippen LogP contribution in [-0.4, -0.2) is 18.1 Å². The van der Waals surface area contributed by atoms with Crippen LogP contribution in [-0.2, 0) is 23.7 Å². The van der Waals surface area contributed by atoms with Crippen molar-refractivity contribution in [3.8, 4) is 0 Å². The summed E-state index contributed by atoms with van der Waals surface area (Å²) in [4.78, 5) is 0.0862. The molecule has 2 aromatic rings. The number of aliphatic hydroxyl groups excluding tert-OH is 1. The molecule has 2 rings (SSSR count). The van der Waals surface area contributed by atoms with Gasteiger partial charge in [-0.2, -0.15) is 0 Å². The van der Waals surface area contributed by atoms with Crippen molar-refractivity contribution >= 4 is 43.2 Å². The third-order valence-corrected chi connectivity index (χ3v) is 5.31. The third-order valence-electron chi connectivity index (χ3n) is 2.73. The Morgan fingerprint density at radius 3 is 2.65 bits per heavy atom. The summed E-state index contributed by atoms with van der Waals surface area (Å²) in [7, 11) is -2.04. The fourth-order valence-corrected chi connectivity index (χ4v) is 3.23. The Kier molecular flexibility index (Phi) is 4.43. The lowest BCUT2D eigenvalue weighted by atomic mass is 10.3. The second kappa shape index (κ2) is 5.77. The topological polar surface area (TPSA) is 71.3 Å². The zero-order chi connectivity index (χ0) is 14.9. The molecule has 1 aromatic heterocycles. The van der Waals surface area contributed by atoms with E-state index in [0.717, 1.165) is 0 Å². The molecule has 0 fully saturated rings. The summed E-state index contributed by atoms with van der Waals surface area (Å²) < 4.78 is 29.1. The molecule has 108 valence electrons. The smallest absolute Gasteiger partial charge is 0.263 e. The van der Waals surface area contributed by atoms with Gasteiger partial charge in [-0.15, -0.1) is 0 Å². The lowest BCUT2D eigenvalue weighted by Gasteiger charge is -2.07. The summed E-state index contributed by atoms with van der Waals surface area (Å²) in [5.74, 6) is 0. The van der Waals surface area contributed by atoms with Crippen molar-refractivity contribution in [3.63, 3.8) is 0 Å². The average molecular weight is 380 g/mol. The zero-order valence-electron chi connectivity index (χ0n) is 10.5. The molecule has 0 aliphatic carbocycles. The predicted octanol–water partition coefficient (Wildman–Crippen LogP) is 2.73. The molecule has 1 aromatic carbocycles. The molecular weight excluding hydrogens is 368 g/mol. The van der Waals surface area contributed by atoms with Gasteiger partial charge in [-0.1, -0.05) is 11.6 Å². The molecular formula is C12H12BrClN2O3S. The number of nitrogens with one attached hydrogen (secondary N) is 1. The fourth-order valence-electron chi connectivity index (χ4n) is 1.65. The number of sulfonamides is 1. The Hall–Kier alpha value is -1.02. The van der Waals surface area contributed by atoms with Crippen LogP contribution in [0.2, 0.25) is 5.02 Å². The molecule has 0 bridgehead atoms. The van der Waals surface area contributed by atoms with Crippen LogP contribution in [0, 0.1) is 0 Å². The number of nitrogens with zero attached hydrogens (tertiary/aromatic N) is 1. The van der Waals surface area contributed by atoms with Gasteiger partial charge in [0.25, 0.3) is 10.0 Å². The van der Waals surface area contributed by atoms with Crippen molar-refractivity contribution in [3.05, 3.63) is 45.7 Å². The average Bonchev–Trinajstić information content (AvgIpc) is 2.76. The third kappa shape index (κ3) is 3.17. The summed E-state index contributed by atoms with van der Waals surface area (Å²) in [5, 5.41) is 9.51. The van der Waals surface area contributed by atoms with E-state index in [2.05, 4.69) is 20.7 Å². The van der Waals surface area contributed by atoms with E-state index in [1.54, 1.807) is 23.7 Å². The molecule has 0 aliphatic heterocycles. The van der Waals surface area contributed by atoms with Gasteiger partial charge in [0.2, 0.25) is 0 Å². The highest BCUT2D eigenvalue weighted by atomic mass is 79.9. The molecule has 0 aliphatic rings. The number of hydrogen-bond acceptors (Lipinski definition) is 3. The van der Waals surface area contributed by atoms with Crippen LogP contribution in [0.5, 0.6) is 0 Å². The van der Waals surface area contributed by atoms with E-state index < -0.39 is 10.0 Å². The number of anilines is 1. The van der Waals surface area contributed by atoms with E-state index in [0.29, 0.717) is 20.9 Å². The van der Waals surface area contributed by atoms with E-state index in [1.807, 2.05) is 0 Å². The van der Waals surface area contributed by atoms with Crippen LogP contribution in [0.15, 0.2) is 39.8 Å². The Bertz CT molecular complexity index is 743. The first-order chi connectivity index (χ1) is 9.33. The van der Waals surface area contributed by atoms with E-state index in [4.69, 9.17) is 16.7 Å². The molecule has 0 amide bonds. The molecule has 0 unspecified atom stereocenters. The number of aryl methyl sites for hydroxylation is 1. The van der Waals surface area contributed by atoms with Gasteiger partial charge in [-0.25, -0.2) is 8.42 Å². The van der Waals surface area contributed by atoms with Crippen LogP contribution >= 0.6 is 27.5 Å². The monoisotopic (exact) mass is 378 g/mol. The number of aliphatic hydroxyl groups is 1. The van der Waals surface area contributed by atoms with E-state index in [1.165, 1.54) is 18.3 Å². The van der Waals surface area contributed by atoms with Gasteiger partial charge in [0.1, 0.15) is 4.90 Å². The number of hydrogen-bond donors (Lipinski definition) is 2. The number of aromatic nitrogens is 1. The first kappa shape index (κ1) is 15.4. The highest BCUT2D eigenvalue weighted by molar-refractivity contribution is 9.10. The zero-order valence-corrected chi connectivity index (χ0v) is 13.6. The lowest BCUT2D eigenvalue weighted by molar-refractivity contribution is 0.272. The van der Waals surface area contributed by atoms with E-state index >= 15 is 0 Å². The van der Waals surface area contributed by atoms with Crippen molar-refractivity contribution in [2.24, 2.45) is 7.05 Å². The van der Waals surface area contributed by atoms with Gasteiger partial charge in [-0.3, -0.25) is 4.72 Å². The quantitative estimate of drug-likeness (QED) is 0.858. The fraction of sp³-hybridized carbons (Fsp3) is 0.167. The van der Waals surface area contributed by atoms with Crippen LogP contribution in [0.1, 0.15) is 5.69 Å². The Morgan fingerprint density at radius 2 is 2.10 bits per heavy atom. The van der Waals surface area contributed by atoms with Gasteiger partial charge < -0.3 is 9.67 Å². The summed E-state index contributed by atoms with van der Waals surface area (Å²) in [6.07, 6.45) is 1.44. The van der Waals surface area contributed by atoms with Crippen molar-refractivity contribution < 1.29 is 13.5 Å². The summed E-state index contributed by atoms with van der Waals surface area (Å²) in [6.45, 7) is -0.226. The van der Waals surface area contributed by atoms with Gasteiger partial charge in [0.15, 0.2) is 0 Å². The Balaban J connectivity index is 2.32.